The van der Waals surface area contributed by atoms with E-state index in [4.69, 9.17) is 5.73 Å². The lowest BCUT2D eigenvalue weighted by Gasteiger charge is -2.34. The number of nitrogens with two attached hydrogens (primary N) is 1. The summed E-state index contributed by atoms with van der Waals surface area (Å²) in [5, 5.41) is 0. The average molecular weight is 178 g/mol. The van der Waals surface area contributed by atoms with Gasteiger partial charge in [-0.15, -0.1) is 0 Å². The Kier molecular flexibility index (Phi) is 1.77. The predicted molar refractivity (Wildman–Crippen MR) is 48.7 cm³/mol. The van der Waals surface area contributed by atoms with E-state index < -0.39 is 6.03 Å². The van der Waals surface area contributed by atoms with Crippen LogP contribution in [0.3, 0.4) is 0 Å². The number of amides is 2. The number of rotatable bonds is 0. The normalized spacial score (nSPS) is 19.8. The maximum absolute atomic E-state index is 11.0. The van der Waals surface area contributed by atoms with E-state index >= 15 is 0 Å². The van der Waals surface area contributed by atoms with E-state index in [0.717, 1.165) is 18.9 Å². The van der Waals surface area contributed by atoms with Crippen LogP contribution in [0, 0.1) is 0 Å². The van der Waals surface area contributed by atoms with Gasteiger partial charge in [-0.3, -0.25) is 9.89 Å². The summed E-state index contributed by atoms with van der Waals surface area (Å²) in [6, 6.07) is -0.482. The molecule has 13 heavy (non-hydrogen) atoms. The summed E-state index contributed by atoms with van der Waals surface area (Å²) in [4.78, 5) is 18.4. The zero-order valence-electron chi connectivity index (χ0n) is 7.05. The number of urea groups is 1. The third kappa shape index (κ3) is 1.28. The number of aliphatic imine (C=N–C) groups is 1. The molecule has 0 saturated carbocycles. The summed E-state index contributed by atoms with van der Waals surface area (Å²) in [5.41, 5.74) is 5.19. The Morgan fingerprint density at radius 3 is 3.15 bits per heavy atom. The van der Waals surface area contributed by atoms with Crippen molar-refractivity contribution in [1.82, 2.24) is 9.80 Å². The van der Waals surface area contributed by atoms with E-state index in [1.807, 2.05) is 11.0 Å². The van der Waals surface area contributed by atoms with E-state index in [0.29, 0.717) is 0 Å². The number of hydrogen-bond donors (Lipinski definition) is 1. The van der Waals surface area contributed by atoms with E-state index in [9.17, 15) is 4.79 Å². The molecule has 5 nitrogen and oxygen atoms in total. The van der Waals surface area contributed by atoms with Gasteiger partial charge >= 0.3 is 6.03 Å². The first-order chi connectivity index (χ1) is 6.29. The maximum Gasteiger partial charge on any atom is 0.324 e. The molecular formula is C8H10N4O. The number of carbonyl (C=O) groups excluding carboxylic acids is 1. The van der Waals surface area contributed by atoms with Crippen LogP contribution < -0.4 is 5.73 Å². The highest BCUT2D eigenvalue weighted by atomic mass is 16.2. The van der Waals surface area contributed by atoms with E-state index in [1.165, 1.54) is 4.90 Å². The molecule has 2 rings (SSSR count). The molecule has 0 fully saturated rings. The molecule has 0 bridgehead atoms. The van der Waals surface area contributed by atoms with E-state index in [1.54, 1.807) is 18.6 Å². The molecule has 2 heterocycles. The molecule has 0 unspecified atom stereocenters. The Hall–Kier alpha value is -1.78. The molecule has 68 valence electrons. The lowest BCUT2D eigenvalue weighted by molar-refractivity contribution is 0.214. The zero-order chi connectivity index (χ0) is 9.26. The Labute approximate surface area is 75.8 Å². The fourth-order valence-electron chi connectivity index (χ4n) is 1.37. The minimum atomic E-state index is -0.482. The Bertz CT molecular complexity index is 318. The first-order valence-corrected chi connectivity index (χ1v) is 4.01. The summed E-state index contributed by atoms with van der Waals surface area (Å²) >= 11 is 0. The van der Waals surface area contributed by atoms with Crippen LogP contribution in [0.1, 0.15) is 0 Å². The van der Waals surface area contributed by atoms with Crippen molar-refractivity contribution in [2.45, 2.75) is 0 Å². The Morgan fingerprint density at radius 2 is 2.38 bits per heavy atom. The molecule has 0 radical (unpaired) electrons. The van der Waals surface area contributed by atoms with Gasteiger partial charge in [0.25, 0.3) is 0 Å². The minimum Gasteiger partial charge on any atom is -0.351 e. The van der Waals surface area contributed by atoms with E-state index in [-0.39, 0.29) is 0 Å². The second kappa shape index (κ2) is 2.93. The van der Waals surface area contributed by atoms with E-state index in [2.05, 4.69) is 4.99 Å². The molecular weight excluding hydrogens is 168 g/mol. The molecule has 0 spiro atoms. The summed E-state index contributed by atoms with van der Waals surface area (Å²) in [5.74, 6) is 0.748. The van der Waals surface area contributed by atoms with Crippen LogP contribution in [0.15, 0.2) is 29.3 Å². The second-order valence-corrected chi connectivity index (χ2v) is 2.82. The van der Waals surface area contributed by atoms with Crippen molar-refractivity contribution in [1.29, 1.82) is 0 Å². The SMILES string of the molecule is NC(=O)N1C=CCN2CC=NC=C21. The van der Waals surface area contributed by atoms with Gasteiger partial charge in [-0.05, 0) is 6.08 Å². The van der Waals surface area contributed by atoms with Crippen LogP contribution in [0.25, 0.3) is 0 Å². The fraction of sp³-hybridized carbons (Fsp3) is 0.250. The number of carbonyl (C=O) groups is 1. The standard InChI is InChI=1S/C8H10N4O/c9-8(13)12-4-1-3-11-5-2-10-6-7(11)12/h1-2,4,6H,3,5H2,(H2,9,13). The summed E-state index contributed by atoms with van der Waals surface area (Å²) in [7, 11) is 0. The van der Waals surface area contributed by atoms with Crippen LogP contribution >= 0.6 is 0 Å². The van der Waals surface area contributed by atoms with Gasteiger partial charge in [-0.2, -0.15) is 0 Å². The number of nitrogens with zero attached hydrogens (tertiary/aromatic N) is 3. The van der Waals surface area contributed by atoms with Crippen molar-refractivity contribution in [3.05, 3.63) is 24.3 Å². The molecule has 2 amide bonds. The van der Waals surface area contributed by atoms with Gasteiger partial charge in [-0.25, -0.2) is 4.79 Å². The van der Waals surface area contributed by atoms with Crippen LogP contribution in [-0.4, -0.2) is 35.1 Å². The minimum absolute atomic E-state index is 0.482. The highest BCUT2D eigenvalue weighted by Gasteiger charge is 2.22. The smallest absolute Gasteiger partial charge is 0.324 e. The molecule has 5 heteroatoms. The van der Waals surface area contributed by atoms with Crippen LogP contribution in [0.5, 0.6) is 0 Å². The van der Waals surface area contributed by atoms with Crippen molar-refractivity contribution < 1.29 is 4.79 Å². The largest absolute Gasteiger partial charge is 0.351 e. The first kappa shape index (κ1) is 7.85. The highest BCUT2D eigenvalue weighted by molar-refractivity contribution is 5.76. The van der Waals surface area contributed by atoms with Crippen molar-refractivity contribution in [3.8, 4) is 0 Å². The van der Waals surface area contributed by atoms with Crippen LogP contribution in [0.4, 0.5) is 4.79 Å². The summed E-state index contributed by atoms with van der Waals surface area (Å²) in [6.07, 6.45) is 6.99. The summed E-state index contributed by atoms with van der Waals surface area (Å²) in [6.45, 7) is 1.52. The van der Waals surface area contributed by atoms with Gasteiger partial charge in [0.2, 0.25) is 0 Å². The quantitative estimate of drug-likeness (QED) is 0.571. The molecule has 0 aliphatic carbocycles. The van der Waals surface area contributed by atoms with Crippen molar-refractivity contribution >= 4 is 12.2 Å². The van der Waals surface area contributed by atoms with Crippen LogP contribution in [-0.2, 0) is 0 Å². The van der Waals surface area contributed by atoms with Crippen molar-refractivity contribution in [2.24, 2.45) is 10.7 Å². The third-order valence-electron chi connectivity index (χ3n) is 1.99. The number of hydrogen-bond acceptors (Lipinski definition) is 3. The molecule has 0 aromatic rings. The predicted octanol–water partition coefficient (Wildman–Crippen LogP) is 0.0797. The Morgan fingerprint density at radius 1 is 1.54 bits per heavy atom. The van der Waals surface area contributed by atoms with Crippen LogP contribution in [0.2, 0.25) is 0 Å². The topological polar surface area (TPSA) is 61.9 Å². The highest BCUT2D eigenvalue weighted by Crippen LogP contribution is 2.17. The van der Waals surface area contributed by atoms with Gasteiger partial charge in [0.15, 0.2) is 0 Å². The molecule has 2 aliphatic rings. The molecule has 0 aromatic carbocycles. The van der Waals surface area contributed by atoms with Gasteiger partial charge in [-0.1, -0.05) is 0 Å². The van der Waals surface area contributed by atoms with Crippen molar-refractivity contribution in [3.63, 3.8) is 0 Å². The third-order valence-corrected chi connectivity index (χ3v) is 1.99. The molecule has 2 N–H and O–H groups in total. The average Bonchev–Trinajstić information content (AvgIpc) is 2.17. The number of fused-ring (bicyclic) bond motifs is 1. The number of primary amides is 1. The maximum atomic E-state index is 11.0. The molecule has 0 saturated heterocycles. The van der Waals surface area contributed by atoms with Gasteiger partial charge in [0.1, 0.15) is 5.82 Å². The molecule has 0 aromatic heterocycles. The Balaban J connectivity index is 2.32. The second-order valence-electron chi connectivity index (χ2n) is 2.82. The van der Waals surface area contributed by atoms with Gasteiger partial charge in [0, 0.05) is 19.0 Å². The first-order valence-electron chi connectivity index (χ1n) is 4.01. The lowest BCUT2D eigenvalue weighted by atomic mass is 10.3. The summed E-state index contributed by atoms with van der Waals surface area (Å²) < 4.78 is 0. The van der Waals surface area contributed by atoms with Gasteiger partial charge < -0.3 is 10.6 Å². The molecule has 2 aliphatic heterocycles. The fourth-order valence-corrected chi connectivity index (χ4v) is 1.37. The monoisotopic (exact) mass is 178 g/mol. The van der Waals surface area contributed by atoms with Crippen molar-refractivity contribution in [2.75, 3.05) is 13.1 Å². The molecule has 0 atom stereocenters. The van der Waals surface area contributed by atoms with Gasteiger partial charge in [0.05, 0.1) is 12.7 Å². The zero-order valence-corrected chi connectivity index (χ0v) is 7.05. The lowest BCUT2D eigenvalue weighted by Crippen LogP contribution is -2.43.